The summed E-state index contributed by atoms with van der Waals surface area (Å²) in [6.07, 6.45) is 4.68. The van der Waals surface area contributed by atoms with Gasteiger partial charge >= 0.3 is 0 Å². The molecule has 2 nitrogen and oxygen atoms in total. The second-order valence-electron chi connectivity index (χ2n) is 4.86. The van der Waals surface area contributed by atoms with E-state index in [2.05, 4.69) is 19.2 Å². The number of aliphatic hydroxyl groups excluding tert-OH is 1. The average Bonchev–Trinajstić information content (AvgIpc) is 2.03. The van der Waals surface area contributed by atoms with E-state index in [0.717, 1.165) is 18.3 Å². The van der Waals surface area contributed by atoms with E-state index in [1.54, 1.807) is 0 Å². The van der Waals surface area contributed by atoms with E-state index in [4.69, 9.17) is 5.11 Å². The maximum atomic E-state index is 9.05. The maximum Gasteiger partial charge on any atom is 0.0448 e. The van der Waals surface area contributed by atoms with Crippen LogP contribution in [-0.4, -0.2) is 24.3 Å². The molecule has 0 amide bonds. The molecule has 1 aliphatic rings. The van der Waals surface area contributed by atoms with Crippen molar-refractivity contribution in [3.8, 4) is 0 Å². The summed E-state index contributed by atoms with van der Waals surface area (Å²) in [6, 6.07) is 0. The predicted octanol–water partition coefficient (Wildman–Crippen LogP) is 1.78. The molecule has 0 aromatic rings. The van der Waals surface area contributed by atoms with Gasteiger partial charge in [0.2, 0.25) is 0 Å². The van der Waals surface area contributed by atoms with Gasteiger partial charge in [0.15, 0.2) is 0 Å². The van der Waals surface area contributed by atoms with E-state index >= 15 is 0 Å². The Hall–Kier alpha value is -0.0800. The van der Waals surface area contributed by atoms with Gasteiger partial charge in [-0.25, -0.2) is 0 Å². The summed E-state index contributed by atoms with van der Waals surface area (Å²) >= 11 is 0. The molecule has 0 radical (unpaired) electrons. The summed E-state index contributed by atoms with van der Waals surface area (Å²) < 4.78 is 0. The van der Waals surface area contributed by atoms with Gasteiger partial charge in [-0.15, -0.1) is 0 Å². The first kappa shape index (κ1) is 11.0. The normalized spacial score (nSPS) is 40.6. The van der Waals surface area contributed by atoms with Gasteiger partial charge in [-0.05, 0) is 44.6 Å². The van der Waals surface area contributed by atoms with Gasteiger partial charge in [0, 0.05) is 12.1 Å². The molecule has 0 aliphatic heterocycles. The Morgan fingerprint density at radius 1 is 1.31 bits per heavy atom. The number of hydrogen-bond acceptors (Lipinski definition) is 2. The molecule has 1 fully saturated rings. The average molecular weight is 185 g/mol. The predicted molar refractivity (Wildman–Crippen MR) is 55.7 cm³/mol. The first-order valence-corrected chi connectivity index (χ1v) is 5.41. The van der Waals surface area contributed by atoms with Crippen molar-refractivity contribution < 1.29 is 5.11 Å². The Bertz CT molecular complexity index is 148. The molecule has 0 saturated heterocycles. The van der Waals surface area contributed by atoms with Crippen molar-refractivity contribution in [2.24, 2.45) is 11.8 Å². The van der Waals surface area contributed by atoms with Crippen LogP contribution < -0.4 is 5.32 Å². The van der Waals surface area contributed by atoms with Gasteiger partial charge in [-0.2, -0.15) is 0 Å². The summed E-state index contributed by atoms with van der Waals surface area (Å²) in [5, 5.41) is 12.5. The van der Waals surface area contributed by atoms with Crippen LogP contribution in [-0.2, 0) is 0 Å². The van der Waals surface area contributed by atoms with Crippen LogP contribution in [0.2, 0.25) is 0 Å². The zero-order valence-corrected chi connectivity index (χ0v) is 9.14. The number of aliphatic hydroxyl groups is 1. The largest absolute Gasteiger partial charge is 0.396 e. The molecule has 2 heteroatoms. The molecule has 0 bridgehead atoms. The number of rotatable bonds is 3. The molecular weight excluding hydrogens is 162 g/mol. The lowest BCUT2D eigenvalue weighted by Crippen LogP contribution is -2.49. The third-order valence-corrected chi connectivity index (χ3v) is 3.40. The lowest BCUT2D eigenvalue weighted by molar-refractivity contribution is 0.117. The summed E-state index contributed by atoms with van der Waals surface area (Å²) in [7, 11) is 2.03. The molecule has 0 aromatic heterocycles. The van der Waals surface area contributed by atoms with Crippen LogP contribution in [0.15, 0.2) is 0 Å². The van der Waals surface area contributed by atoms with Crippen molar-refractivity contribution in [2.75, 3.05) is 13.7 Å². The van der Waals surface area contributed by atoms with Crippen LogP contribution in [0.5, 0.6) is 0 Å². The van der Waals surface area contributed by atoms with Gasteiger partial charge in [0.05, 0.1) is 0 Å². The smallest absolute Gasteiger partial charge is 0.0448 e. The molecule has 1 aliphatic carbocycles. The van der Waals surface area contributed by atoms with E-state index in [1.807, 2.05) is 7.05 Å². The SMILES string of the molecule is CNC1(CCO)CC(C)CC(C)C1. The number of hydrogen-bond donors (Lipinski definition) is 2. The van der Waals surface area contributed by atoms with E-state index in [-0.39, 0.29) is 5.54 Å². The maximum absolute atomic E-state index is 9.05. The molecule has 2 unspecified atom stereocenters. The Morgan fingerprint density at radius 2 is 1.85 bits per heavy atom. The van der Waals surface area contributed by atoms with Gasteiger partial charge in [-0.1, -0.05) is 13.8 Å². The fraction of sp³-hybridized carbons (Fsp3) is 1.00. The molecule has 13 heavy (non-hydrogen) atoms. The molecule has 2 atom stereocenters. The Balaban J connectivity index is 2.62. The monoisotopic (exact) mass is 185 g/mol. The molecule has 2 N–H and O–H groups in total. The zero-order valence-electron chi connectivity index (χ0n) is 9.14. The van der Waals surface area contributed by atoms with E-state index in [0.29, 0.717) is 6.61 Å². The van der Waals surface area contributed by atoms with Gasteiger partial charge in [-0.3, -0.25) is 0 Å². The molecule has 78 valence electrons. The van der Waals surface area contributed by atoms with Crippen molar-refractivity contribution in [2.45, 2.75) is 45.1 Å². The third-order valence-electron chi connectivity index (χ3n) is 3.40. The standard InChI is InChI=1S/C11H23NO/c1-9-6-10(2)8-11(7-9,12-3)4-5-13/h9-10,12-13H,4-8H2,1-3H3. The van der Waals surface area contributed by atoms with Gasteiger partial charge < -0.3 is 10.4 Å². The first-order valence-electron chi connectivity index (χ1n) is 5.41. The Labute approximate surface area is 81.7 Å². The third kappa shape index (κ3) is 2.68. The van der Waals surface area contributed by atoms with Crippen molar-refractivity contribution in [1.82, 2.24) is 5.32 Å². The van der Waals surface area contributed by atoms with E-state index < -0.39 is 0 Å². The van der Waals surface area contributed by atoms with E-state index in [1.165, 1.54) is 19.3 Å². The molecule has 0 heterocycles. The highest BCUT2D eigenvalue weighted by molar-refractivity contribution is 4.93. The fourth-order valence-corrected chi connectivity index (χ4v) is 3.02. The molecule has 1 saturated carbocycles. The van der Waals surface area contributed by atoms with Crippen molar-refractivity contribution >= 4 is 0 Å². The quantitative estimate of drug-likeness (QED) is 0.702. The highest BCUT2D eigenvalue weighted by Crippen LogP contribution is 2.37. The van der Waals surface area contributed by atoms with Crippen LogP contribution in [0.25, 0.3) is 0 Å². The lowest BCUT2D eigenvalue weighted by Gasteiger charge is -2.42. The zero-order chi connectivity index (χ0) is 9.90. The Morgan fingerprint density at radius 3 is 2.23 bits per heavy atom. The molecule has 0 aromatic carbocycles. The van der Waals surface area contributed by atoms with Crippen LogP contribution in [0, 0.1) is 11.8 Å². The van der Waals surface area contributed by atoms with Crippen LogP contribution >= 0.6 is 0 Å². The van der Waals surface area contributed by atoms with Crippen molar-refractivity contribution in [3.05, 3.63) is 0 Å². The minimum Gasteiger partial charge on any atom is -0.396 e. The summed E-state index contributed by atoms with van der Waals surface area (Å²) in [5.41, 5.74) is 0.214. The summed E-state index contributed by atoms with van der Waals surface area (Å²) in [4.78, 5) is 0. The fourth-order valence-electron chi connectivity index (χ4n) is 3.02. The highest BCUT2D eigenvalue weighted by Gasteiger charge is 2.35. The van der Waals surface area contributed by atoms with Crippen LogP contribution in [0.4, 0.5) is 0 Å². The van der Waals surface area contributed by atoms with Gasteiger partial charge in [0.25, 0.3) is 0 Å². The van der Waals surface area contributed by atoms with Crippen LogP contribution in [0.3, 0.4) is 0 Å². The van der Waals surface area contributed by atoms with E-state index in [9.17, 15) is 0 Å². The van der Waals surface area contributed by atoms with Crippen LogP contribution in [0.1, 0.15) is 39.5 Å². The minimum absolute atomic E-state index is 0.214. The minimum atomic E-state index is 0.214. The van der Waals surface area contributed by atoms with Gasteiger partial charge in [0.1, 0.15) is 0 Å². The second-order valence-corrected chi connectivity index (χ2v) is 4.86. The van der Waals surface area contributed by atoms with Crippen molar-refractivity contribution in [1.29, 1.82) is 0 Å². The highest BCUT2D eigenvalue weighted by atomic mass is 16.3. The first-order chi connectivity index (χ1) is 6.12. The summed E-state index contributed by atoms with van der Waals surface area (Å²) in [5.74, 6) is 1.59. The van der Waals surface area contributed by atoms with Crippen molar-refractivity contribution in [3.63, 3.8) is 0 Å². The number of nitrogens with one attached hydrogen (secondary N) is 1. The lowest BCUT2D eigenvalue weighted by atomic mass is 9.70. The molecule has 0 spiro atoms. The molecular formula is C11H23NO. The Kier molecular flexibility index (Phi) is 3.74. The summed E-state index contributed by atoms with van der Waals surface area (Å²) in [6.45, 7) is 4.94. The molecule has 1 rings (SSSR count). The topological polar surface area (TPSA) is 32.3 Å². The second kappa shape index (κ2) is 4.43.